The number of phenolic OH excluding ortho intramolecular Hbond substituents is 2. The van der Waals surface area contributed by atoms with Crippen molar-refractivity contribution in [2.45, 2.75) is 64.2 Å². The van der Waals surface area contributed by atoms with Gasteiger partial charge in [-0.2, -0.15) is 0 Å². The van der Waals surface area contributed by atoms with E-state index in [-0.39, 0.29) is 35.4 Å². The maximum Gasteiger partial charge on any atom is 0.314 e. The number of carbonyl (C=O) groups is 1. The fraction of sp³-hybridized carbons (Fsp3) is 0.650. The van der Waals surface area contributed by atoms with E-state index in [1.165, 1.54) is 0 Å². The minimum absolute atomic E-state index is 0.0786. The minimum atomic E-state index is -1.15. The standard InChI is InChI=1S/C20H28O5/c1-11(10-21)13-9-12-5-6-14-19(2,3)7-4-8-20(14,18(24)25)15(12)17(23)16(13)22/h9,11,14,21-23H,4-8,10H2,1-3H3,(H,24,25)/t11-,14+,20-/m1/s1. The van der Waals surface area contributed by atoms with Crippen LogP contribution in [0.5, 0.6) is 11.5 Å². The van der Waals surface area contributed by atoms with Crippen molar-refractivity contribution in [3.63, 3.8) is 0 Å². The van der Waals surface area contributed by atoms with Gasteiger partial charge in [-0.1, -0.05) is 33.3 Å². The van der Waals surface area contributed by atoms with E-state index in [1.54, 1.807) is 13.0 Å². The lowest BCUT2D eigenvalue weighted by Crippen LogP contribution is -2.54. The van der Waals surface area contributed by atoms with Crippen LogP contribution in [0.2, 0.25) is 0 Å². The Morgan fingerprint density at radius 1 is 1.28 bits per heavy atom. The minimum Gasteiger partial charge on any atom is -0.504 e. The van der Waals surface area contributed by atoms with Gasteiger partial charge in [-0.15, -0.1) is 0 Å². The number of aromatic hydroxyl groups is 2. The molecule has 0 spiro atoms. The summed E-state index contributed by atoms with van der Waals surface area (Å²) in [6.45, 7) is 5.84. The Morgan fingerprint density at radius 3 is 2.56 bits per heavy atom. The molecule has 0 saturated heterocycles. The first-order chi connectivity index (χ1) is 11.7. The molecule has 0 aromatic heterocycles. The number of fused-ring (bicyclic) bond motifs is 3. The maximum atomic E-state index is 12.5. The zero-order chi connectivity index (χ0) is 18.6. The van der Waals surface area contributed by atoms with Gasteiger partial charge in [-0.05, 0) is 42.6 Å². The summed E-state index contributed by atoms with van der Waals surface area (Å²) in [7, 11) is 0. The summed E-state index contributed by atoms with van der Waals surface area (Å²) in [6, 6.07) is 1.79. The number of carboxylic acids is 1. The van der Waals surface area contributed by atoms with Crippen molar-refractivity contribution >= 4 is 5.97 Å². The van der Waals surface area contributed by atoms with Crippen LogP contribution in [0.1, 0.15) is 69.1 Å². The van der Waals surface area contributed by atoms with Gasteiger partial charge in [-0.3, -0.25) is 4.79 Å². The summed E-state index contributed by atoms with van der Waals surface area (Å²) < 4.78 is 0. The molecule has 0 aliphatic heterocycles. The van der Waals surface area contributed by atoms with E-state index in [2.05, 4.69) is 13.8 Å². The van der Waals surface area contributed by atoms with Crippen LogP contribution in [0.4, 0.5) is 0 Å². The molecule has 3 rings (SSSR count). The summed E-state index contributed by atoms with van der Waals surface area (Å²) in [4.78, 5) is 12.5. The monoisotopic (exact) mass is 348 g/mol. The number of hydrogen-bond donors (Lipinski definition) is 4. The third-order valence-electron chi connectivity index (χ3n) is 6.65. The van der Waals surface area contributed by atoms with E-state index in [1.807, 2.05) is 0 Å². The maximum absolute atomic E-state index is 12.5. The molecule has 1 aromatic rings. The first kappa shape index (κ1) is 18.1. The number of aryl methyl sites for hydroxylation is 1. The van der Waals surface area contributed by atoms with E-state index >= 15 is 0 Å². The SMILES string of the molecule is C[C@H](CO)c1cc2c(c(O)c1O)[C@@]1(C(=O)O)CCCC(C)(C)[C@@H]1CC2. The summed E-state index contributed by atoms with van der Waals surface area (Å²) in [5.74, 6) is -1.91. The zero-order valence-electron chi connectivity index (χ0n) is 15.2. The fourth-order valence-electron chi connectivity index (χ4n) is 5.34. The van der Waals surface area contributed by atoms with E-state index in [9.17, 15) is 25.2 Å². The highest BCUT2D eigenvalue weighted by Crippen LogP contribution is 2.60. The molecular formula is C20H28O5. The third kappa shape index (κ3) is 2.43. The van der Waals surface area contributed by atoms with Crippen molar-refractivity contribution in [2.24, 2.45) is 11.3 Å². The molecule has 0 radical (unpaired) electrons. The number of benzene rings is 1. The molecule has 0 amide bonds. The van der Waals surface area contributed by atoms with Gasteiger partial charge in [-0.25, -0.2) is 0 Å². The summed E-state index contributed by atoms with van der Waals surface area (Å²) in [5.41, 5.74) is 0.385. The summed E-state index contributed by atoms with van der Waals surface area (Å²) >= 11 is 0. The molecule has 1 fully saturated rings. The topological polar surface area (TPSA) is 98.0 Å². The average molecular weight is 348 g/mol. The Labute approximate surface area is 148 Å². The second-order valence-corrected chi connectivity index (χ2v) is 8.49. The van der Waals surface area contributed by atoms with E-state index in [0.717, 1.165) is 24.8 Å². The molecule has 2 aliphatic rings. The van der Waals surface area contributed by atoms with Gasteiger partial charge < -0.3 is 20.4 Å². The Hall–Kier alpha value is -1.75. The molecule has 2 aliphatic carbocycles. The number of carboxylic acid groups (broad SMARTS) is 1. The predicted octanol–water partition coefficient (Wildman–Crippen LogP) is 3.29. The molecule has 0 bridgehead atoms. The number of aliphatic hydroxyl groups is 1. The first-order valence-corrected chi connectivity index (χ1v) is 9.09. The van der Waals surface area contributed by atoms with Gasteiger partial charge in [0.05, 0.1) is 5.41 Å². The van der Waals surface area contributed by atoms with Crippen LogP contribution in [-0.4, -0.2) is 33.0 Å². The Balaban J connectivity index is 2.28. The number of rotatable bonds is 3. The lowest BCUT2D eigenvalue weighted by Gasteiger charge is -2.53. The largest absolute Gasteiger partial charge is 0.504 e. The fourth-order valence-corrected chi connectivity index (χ4v) is 5.34. The van der Waals surface area contributed by atoms with E-state index < -0.39 is 11.4 Å². The summed E-state index contributed by atoms with van der Waals surface area (Å²) in [6.07, 6.45) is 3.66. The normalized spacial score (nSPS) is 28.7. The first-order valence-electron chi connectivity index (χ1n) is 9.09. The lowest BCUT2D eigenvalue weighted by molar-refractivity contribution is -0.152. The Kier molecular flexibility index (Phi) is 4.26. The van der Waals surface area contributed by atoms with Gasteiger partial charge in [0.15, 0.2) is 11.5 Å². The molecule has 1 saturated carbocycles. The lowest BCUT2D eigenvalue weighted by atomic mass is 9.49. The molecule has 0 heterocycles. The smallest absolute Gasteiger partial charge is 0.314 e. The van der Waals surface area contributed by atoms with Crippen LogP contribution in [0.25, 0.3) is 0 Å². The van der Waals surface area contributed by atoms with Crippen LogP contribution in [0.3, 0.4) is 0 Å². The molecule has 138 valence electrons. The molecular weight excluding hydrogens is 320 g/mol. The van der Waals surface area contributed by atoms with Crippen LogP contribution in [0.15, 0.2) is 6.07 Å². The van der Waals surface area contributed by atoms with Crippen molar-refractivity contribution in [1.82, 2.24) is 0 Å². The Morgan fingerprint density at radius 2 is 1.96 bits per heavy atom. The second kappa shape index (κ2) is 5.90. The van der Waals surface area contributed by atoms with E-state index in [4.69, 9.17) is 0 Å². The van der Waals surface area contributed by atoms with Crippen LogP contribution >= 0.6 is 0 Å². The number of aliphatic carboxylic acids is 1. The van der Waals surface area contributed by atoms with Crippen molar-refractivity contribution in [3.05, 3.63) is 22.8 Å². The number of aliphatic hydroxyl groups excluding tert-OH is 1. The molecule has 5 nitrogen and oxygen atoms in total. The van der Waals surface area contributed by atoms with Crippen molar-refractivity contribution in [3.8, 4) is 11.5 Å². The molecule has 0 unspecified atom stereocenters. The van der Waals surface area contributed by atoms with Gasteiger partial charge in [0, 0.05) is 23.7 Å². The van der Waals surface area contributed by atoms with Gasteiger partial charge in [0.1, 0.15) is 0 Å². The predicted molar refractivity (Wildman–Crippen MR) is 94.0 cm³/mol. The molecule has 4 N–H and O–H groups in total. The van der Waals surface area contributed by atoms with Crippen molar-refractivity contribution in [2.75, 3.05) is 6.61 Å². The molecule has 3 atom stereocenters. The molecule has 1 aromatic carbocycles. The van der Waals surface area contributed by atoms with Crippen molar-refractivity contribution < 1.29 is 25.2 Å². The summed E-state index contributed by atoms with van der Waals surface area (Å²) in [5, 5.41) is 40.9. The number of hydrogen-bond acceptors (Lipinski definition) is 4. The highest BCUT2D eigenvalue weighted by atomic mass is 16.4. The van der Waals surface area contributed by atoms with Crippen LogP contribution in [-0.2, 0) is 16.6 Å². The highest BCUT2D eigenvalue weighted by molar-refractivity contribution is 5.85. The highest BCUT2D eigenvalue weighted by Gasteiger charge is 2.58. The quantitative estimate of drug-likeness (QED) is 0.628. The number of phenols is 2. The van der Waals surface area contributed by atoms with Gasteiger partial charge >= 0.3 is 5.97 Å². The van der Waals surface area contributed by atoms with Crippen LogP contribution in [0, 0.1) is 11.3 Å². The second-order valence-electron chi connectivity index (χ2n) is 8.49. The zero-order valence-corrected chi connectivity index (χ0v) is 15.2. The van der Waals surface area contributed by atoms with Gasteiger partial charge in [0.25, 0.3) is 0 Å². The van der Waals surface area contributed by atoms with Gasteiger partial charge in [0.2, 0.25) is 0 Å². The third-order valence-corrected chi connectivity index (χ3v) is 6.65. The average Bonchev–Trinajstić information content (AvgIpc) is 2.56. The molecule has 5 heteroatoms. The molecule has 25 heavy (non-hydrogen) atoms. The van der Waals surface area contributed by atoms with Crippen molar-refractivity contribution in [1.29, 1.82) is 0 Å². The van der Waals surface area contributed by atoms with Crippen LogP contribution < -0.4 is 0 Å². The Bertz CT molecular complexity index is 709. The van der Waals surface area contributed by atoms with E-state index in [0.29, 0.717) is 24.0 Å².